The van der Waals surface area contributed by atoms with Crippen LogP contribution in [-0.2, 0) is 9.53 Å². The molecule has 1 aromatic carbocycles. The number of ether oxygens (including phenoxy) is 2. The minimum absolute atomic E-state index is 0.0677. The third-order valence-corrected chi connectivity index (χ3v) is 6.38. The molecule has 0 aliphatic carbocycles. The second-order valence-electron chi connectivity index (χ2n) is 9.73. The van der Waals surface area contributed by atoms with E-state index in [1.165, 1.54) is 12.1 Å². The molecule has 0 saturated heterocycles. The minimum Gasteiger partial charge on any atom is -0.490 e. The summed E-state index contributed by atoms with van der Waals surface area (Å²) in [6.45, 7) is 6.82. The molecule has 1 heterocycles. The number of rotatable bonds is 7. The van der Waals surface area contributed by atoms with Gasteiger partial charge in [0.25, 0.3) is 5.91 Å². The summed E-state index contributed by atoms with van der Waals surface area (Å²) in [7, 11) is 1.83. The predicted molar refractivity (Wildman–Crippen MR) is 135 cm³/mol. The Balaban J connectivity index is 2.42. The lowest BCUT2D eigenvalue weighted by Gasteiger charge is -2.34. The SMILES string of the molecule is CNC[C@H]1OCCCC[C@@H](C)Oc2ccc(NC(=O)CCC(F)(F)F)cc2C(=O)N([C@H](C)CO)C[C@@H]1C. The topological polar surface area (TPSA) is 100 Å². The fourth-order valence-electron chi connectivity index (χ4n) is 4.17. The van der Waals surface area contributed by atoms with E-state index in [0.717, 1.165) is 19.3 Å². The highest BCUT2D eigenvalue weighted by Crippen LogP contribution is 2.29. The summed E-state index contributed by atoms with van der Waals surface area (Å²) in [6, 6.07) is 3.96. The van der Waals surface area contributed by atoms with Crippen LogP contribution in [0.1, 0.15) is 63.2 Å². The molecule has 0 unspecified atom stereocenters. The van der Waals surface area contributed by atoms with Crippen molar-refractivity contribution in [2.45, 2.75) is 77.3 Å². The average Bonchev–Trinajstić information content (AvgIpc) is 2.84. The molecule has 3 N–H and O–H groups in total. The Labute approximate surface area is 216 Å². The zero-order valence-electron chi connectivity index (χ0n) is 22.1. The maximum Gasteiger partial charge on any atom is 0.389 e. The van der Waals surface area contributed by atoms with Crippen molar-refractivity contribution in [3.63, 3.8) is 0 Å². The van der Waals surface area contributed by atoms with E-state index in [1.807, 2.05) is 20.9 Å². The van der Waals surface area contributed by atoms with Crippen molar-refractivity contribution in [2.24, 2.45) is 5.92 Å². The van der Waals surface area contributed by atoms with Crippen LogP contribution in [0, 0.1) is 5.92 Å². The molecule has 1 aromatic rings. The highest BCUT2D eigenvalue weighted by molar-refractivity contribution is 5.99. The van der Waals surface area contributed by atoms with Crippen molar-refractivity contribution in [3.8, 4) is 5.75 Å². The first-order chi connectivity index (χ1) is 17.4. The number of amides is 2. The molecule has 0 saturated carbocycles. The van der Waals surface area contributed by atoms with Crippen LogP contribution in [0.3, 0.4) is 0 Å². The van der Waals surface area contributed by atoms with Crippen LogP contribution in [0.4, 0.5) is 18.9 Å². The first kappa shape index (κ1) is 30.9. The lowest BCUT2D eigenvalue weighted by Crippen LogP contribution is -2.47. The van der Waals surface area contributed by atoms with E-state index in [9.17, 15) is 27.9 Å². The number of alkyl halides is 3. The van der Waals surface area contributed by atoms with Crippen molar-refractivity contribution in [3.05, 3.63) is 23.8 Å². The van der Waals surface area contributed by atoms with Crippen molar-refractivity contribution in [2.75, 3.05) is 38.7 Å². The van der Waals surface area contributed by atoms with E-state index in [4.69, 9.17) is 9.47 Å². The molecule has 0 bridgehead atoms. The number of aliphatic hydroxyl groups excluding tert-OH is 1. The van der Waals surface area contributed by atoms with Gasteiger partial charge in [0.15, 0.2) is 0 Å². The molecule has 1 aliphatic heterocycles. The van der Waals surface area contributed by atoms with Crippen LogP contribution in [0.25, 0.3) is 0 Å². The number of carbonyl (C=O) groups excluding carboxylic acids is 2. The van der Waals surface area contributed by atoms with E-state index in [2.05, 4.69) is 10.6 Å². The summed E-state index contributed by atoms with van der Waals surface area (Å²) < 4.78 is 49.8. The van der Waals surface area contributed by atoms with Gasteiger partial charge >= 0.3 is 6.18 Å². The Morgan fingerprint density at radius 1 is 1.27 bits per heavy atom. The molecule has 210 valence electrons. The molecule has 11 heteroatoms. The monoisotopic (exact) mass is 531 g/mol. The van der Waals surface area contributed by atoms with Crippen molar-refractivity contribution in [1.82, 2.24) is 10.2 Å². The van der Waals surface area contributed by atoms with Crippen molar-refractivity contribution < 1.29 is 37.3 Å². The number of nitrogens with one attached hydrogen (secondary N) is 2. The Bertz CT molecular complexity index is 884. The van der Waals surface area contributed by atoms with Gasteiger partial charge in [-0.05, 0) is 58.4 Å². The van der Waals surface area contributed by atoms with Crippen LogP contribution in [0.2, 0.25) is 0 Å². The van der Waals surface area contributed by atoms with E-state index in [1.54, 1.807) is 17.9 Å². The fraction of sp³-hybridized carbons (Fsp3) is 0.692. The van der Waals surface area contributed by atoms with Crippen LogP contribution >= 0.6 is 0 Å². The average molecular weight is 532 g/mol. The number of nitrogens with zero attached hydrogens (tertiary/aromatic N) is 1. The van der Waals surface area contributed by atoms with Gasteiger partial charge in [0.2, 0.25) is 5.91 Å². The molecule has 0 aromatic heterocycles. The highest BCUT2D eigenvalue weighted by atomic mass is 19.4. The molecule has 0 radical (unpaired) electrons. The van der Waals surface area contributed by atoms with Crippen molar-refractivity contribution in [1.29, 1.82) is 0 Å². The number of aliphatic hydroxyl groups is 1. The summed E-state index contributed by atoms with van der Waals surface area (Å²) in [6.07, 6.45) is -4.31. The predicted octanol–water partition coefficient (Wildman–Crippen LogP) is 3.98. The lowest BCUT2D eigenvalue weighted by molar-refractivity contribution is -0.142. The number of halogens is 3. The third-order valence-electron chi connectivity index (χ3n) is 6.38. The number of anilines is 1. The standard InChI is InChI=1S/C26H40F3N3O5/c1-17-15-32(18(2)16-33)25(35)21-13-20(31-24(34)10-11-26(27,28)29)8-9-22(21)37-19(3)7-5-6-12-36-23(17)14-30-4/h8-9,13,17-19,23,30,33H,5-7,10-12,14-16H2,1-4H3,(H,31,34)/t17-,18+,19+,23+/m0/s1. The van der Waals surface area contributed by atoms with Crippen molar-refractivity contribution >= 4 is 17.5 Å². The molecule has 37 heavy (non-hydrogen) atoms. The second kappa shape index (κ2) is 14.5. The van der Waals surface area contributed by atoms with Gasteiger partial charge in [-0.15, -0.1) is 0 Å². The molecule has 0 fully saturated rings. The number of carbonyl (C=O) groups is 2. The Hall–Kier alpha value is -2.37. The number of likely N-dealkylation sites (N-methyl/N-ethyl adjacent to an activating group) is 1. The van der Waals surface area contributed by atoms with Gasteiger partial charge in [-0.2, -0.15) is 13.2 Å². The summed E-state index contributed by atoms with van der Waals surface area (Å²) in [5.74, 6) is -0.973. The zero-order chi connectivity index (χ0) is 27.6. The zero-order valence-corrected chi connectivity index (χ0v) is 22.1. The normalized spacial score (nSPS) is 23.0. The summed E-state index contributed by atoms with van der Waals surface area (Å²) in [5.41, 5.74) is 0.355. The lowest BCUT2D eigenvalue weighted by atomic mass is 10.0. The molecular formula is C26H40F3N3O5. The van der Waals surface area contributed by atoms with Crippen LogP contribution in [0.5, 0.6) is 5.75 Å². The van der Waals surface area contributed by atoms with Gasteiger partial charge in [0.05, 0.1) is 36.8 Å². The van der Waals surface area contributed by atoms with E-state index in [-0.39, 0.29) is 36.0 Å². The van der Waals surface area contributed by atoms with Gasteiger partial charge < -0.3 is 30.1 Å². The molecule has 8 nitrogen and oxygen atoms in total. The molecule has 1 aliphatic rings. The third kappa shape index (κ3) is 10.1. The first-order valence-electron chi connectivity index (χ1n) is 12.8. The molecule has 2 rings (SSSR count). The second-order valence-corrected chi connectivity index (χ2v) is 9.73. The maximum absolute atomic E-state index is 13.8. The largest absolute Gasteiger partial charge is 0.490 e. The number of fused-ring (bicyclic) bond motifs is 1. The summed E-state index contributed by atoms with van der Waals surface area (Å²) in [4.78, 5) is 27.5. The highest BCUT2D eigenvalue weighted by Gasteiger charge is 2.30. The Morgan fingerprint density at radius 2 is 2.00 bits per heavy atom. The molecular weight excluding hydrogens is 491 g/mol. The van der Waals surface area contributed by atoms with Crippen LogP contribution in [0.15, 0.2) is 18.2 Å². The van der Waals surface area contributed by atoms with Gasteiger partial charge in [-0.25, -0.2) is 0 Å². The van der Waals surface area contributed by atoms with Gasteiger partial charge in [-0.3, -0.25) is 9.59 Å². The van der Waals surface area contributed by atoms with E-state index in [0.29, 0.717) is 25.4 Å². The number of hydrogen-bond acceptors (Lipinski definition) is 6. The van der Waals surface area contributed by atoms with E-state index < -0.39 is 36.9 Å². The van der Waals surface area contributed by atoms with Crippen LogP contribution < -0.4 is 15.4 Å². The van der Waals surface area contributed by atoms with Gasteiger partial charge in [0, 0.05) is 37.7 Å². The smallest absolute Gasteiger partial charge is 0.389 e. The summed E-state index contributed by atoms with van der Waals surface area (Å²) in [5, 5.41) is 15.5. The maximum atomic E-state index is 13.8. The number of benzene rings is 1. The molecule has 0 spiro atoms. The first-order valence-corrected chi connectivity index (χ1v) is 12.8. The Morgan fingerprint density at radius 3 is 2.65 bits per heavy atom. The Kier molecular flexibility index (Phi) is 12.1. The quantitative estimate of drug-likeness (QED) is 0.492. The van der Waals surface area contributed by atoms with E-state index >= 15 is 0 Å². The minimum atomic E-state index is -4.44. The van der Waals surface area contributed by atoms with Crippen LogP contribution in [-0.4, -0.2) is 79.6 Å². The van der Waals surface area contributed by atoms with Gasteiger partial charge in [0.1, 0.15) is 5.75 Å². The molecule has 4 atom stereocenters. The van der Waals surface area contributed by atoms with Gasteiger partial charge in [-0.1, -0.05) is 6.92 Å². The molecule has 2 amide bonds. The number of hydrogen-bond donors (Lipinski definition) is 3. The summed E-state index contributed by atoms with van der Waals surface area (Å²) >= 11 is 0. The fourth-order valence-corrected chi connectivity index (χ4v) is 4.17.